The minimum atomic E-state index is -1.17. The molecule has 2 unspecified atom stereocenters. The Morgan fingerprint density at radius 1 is 1.17 bits per heavy atom. The molecule has 0 aromatic carbocycles. The van der Waals surface area contributed by atoms with Crippen molar-refractivity contribution >= 4 is 18.0 Å². The van der Waals surface area contributed by atoms with Gasteiger partial charge < -0.3 is 14.8 Å². The molecule has 0 radical (unpaired) electrons. The van der Waals surface area contributed by atoms with Gasteiger partial charge in [0.1, 0.15) is 17.7 Å². The zero-order valence-corrected chi connectivity index (χ0v) is 14.9. The number of carbonyl (C=O) groups is 3. The highest BCUT2D eigenvalue weighted by atomic mass is 16.6. The van der Waals surface area contributed by atoms with Crippen molar-refractivity contribution in [3.05, 3.63) is 0 Å². The van der Waals surface area contributed by atoms with Crippen LogP contribution < -0.4 is 5.32 Å². The maximum Gasteiger partial charge on any atom is 0.435 e. The van der Waals surface area contributed by atoms with Gasteiger partial charge in [-0.2, -0.15) is 5.06 Å². The molecule has 2 N–H and O–H groups in total. The van der Waals surface area contributed by atoms with E-state index < -0.39 is 35.7 Å². The van der Waals surface area contributed by atoms with Gasteiger partial charge in [0.15, 0.2) is 0 Å². The average Bonchev–Trinajstić information content (AvgIpc) is 2.40. The zero-order valence-electron chi connectivity index (χ0n) is 14.9. The largest absolute Gasteiger partial charge is 0.467 e. The highest BCUT2D eigenvalue weighted by Crippen LogP contribution is 2.15. The zero-order chi connectivity index (χ0) is 18.4. The second-order valence-corrected chi connectivity index (χ2v) is 6.72. The van der Waals surface area contributed by atoms with Crippen LogP contribution in [0.25, 0.3) is 0 Å². The number of amides is 2. The number of nitrogens with zero attached hydrogens (tertiary/aromatic N) is 1. The molecule has 8 nitrogen and oxygen atoms in total. The van der Waals surface area contributed by atoms with E-state index >= 15 is 0 Å². The van der Waals surface area contributed by atoms with Crippen LogP contribution in [0.5, 0.6) is 0 Å². The minimum Gasteiger partial charge on any atom is -0.467 e. The predicted molar refractivity (Wildman–Crippen MR) is 82.7 cm³/mol. The molecule has 0 rings (SSSR count). The van der Waals surface area contributed by atoms with Gasteiger partial charge in [0.05, 0.1) is 7.11 Å². The minimum absolute atomic E-state index is 0.0243. The smallest absolute Gasteiger partial charge is 0.435 e. The fourth-order valence-electron chi connectivity index (χ4n) is 1.75. The Balaban J connectivity index is 5.08. The first-order valence-electron chi connectivity index (χ1n) is 7.48. The van der Waals surface area contributed by atoms with E-state index in [0.717, 1.165) is 0 Å². The van der Waals surface area contributed by atoms with Gasteiger partial charge in [-0.05, 0) is 40.0 Å². The number of hydrogen-bond donors (Lipinski definition) is 2. The van der Waals surface area contributed by atoms with E-state index in [1.165, 1.54) is 14.0 Å². The van der Waals surface area contributed by atoms with Crippen LogP contribution in [0.3, 0.4) is 0 Å². The third-order valence-electron chi connectivity index (χ3n) is 2.79. The third-order valence-corrected chi connectivity index (χ3v) is 2.79. The van der Waals surface area contributed by atoms with E-state index in [0.29, 0.717) is 0 Å². The highest BCUT2D eigenvalue weighted by molar-refractivity contribution is 5.89. The molecule has 2 atom stereocenters. The Bertz CT molecular complexity index is 430. The third kappa shape index (κ3) is 7.83. The van der Waals surface area contributed by atoms with Crippen molar-refractivity contribution in [2.24, 2.45) is 5.92 Å². The highest BCUT2D eigenvalue weighted by Gasteiger charge is 2.34. The van der Waals surface area contributed by atoms with Crippen molar-refractivity contribution in [3.63, 3.8) is 0 Å². The molecular formula is C15H28N2O6. The molecule has 0 aromatic heterocycles. The van der Waals surface area contributed by atoms with Crippen LogP contribution in [0, 0.1) is 5.92 Å². The van der Waals surface area contributed by atoms with Crippen molar-refractivity contribution in [2.75, 3.05) is 7.11 Å². The first-order valence-corrected chi connectivity index (χ1v) is 7.48. The lowest BCUT2D eigenvalue weighted by atomic mass is 10.0. The second kappa shape index (κ2) is 8.71. The lowest BCUT2D eigenvalue weighted by Gasteiger charge is -2.29. The summed E-state index contributed by atoms with van der Waals surface area (Å²) >= 11 is 0. The maximum absolute atomic E-state index is 12.3. The summed E-state index contributed by atoms with van der Waals surface area (Å²) in [5, 5.41) is 12.7. The van der Waals surface area contributed by atoms with Crippen LogP contribution in [0.2, 0.25) is 0 Å². The van der Waals surface area contributed by atoms with E-state index in [4.69, 9.17) is 4.74 Å². The monoisotopic (exact) mass is 332 g/mol. The standard InChI is InChI=1S/C15H28N2O6/c1-9(2)8-11(12(18)16-10(3)13(19)22-7)17(21)14(20)23-15(4,5)6/h9-11,21H,8H2,1-7H3,(H,16,18). The number of nitrogens with one attached hydrogen (secondary N) is 1. The lowest BCUT2D eigenvalue weighted by molar-refractivity contribution is -0.155. The number of hydrogen-bond acceptors (Lipinski definition) is 6. The molecule has 0 bridgehead atoms. The maximum atomic E-state index is 12.3. The van der Waals surface area contributed by atoms with Crippen molar-refractivity contribution in [3.8, 4) is 0 Å². The molecule has 134 valence electrons. The fourth-order valence-corrected chi connectivity index (χ4v) is 1.75. The quantitative estimate of drug-likeness (QED) is 0.436. The van der Waals surface area contributed by atoms with E-state index in [1.54, 1.807) is 20.8 Å². The van der Waals surface area contributed by atoms with Gasteiger partial charge in [0.2, 0.25) is 5.91 Å². The Hall–Kier alpha value is -1.83. The summed E-state index contributed by atoms with van der Waals surface area (Å²) in [5.41, 5.74) is -0.809. The molecule has 0 aliphatic heterocycles. The number of methoxy groups -OCH3 is 1. The van der Waals surface area contributed by atoms with Crippen molar-refractivity contribution in [1.29, 1.82) is 0 Å². The van der Waals surface area contributed by atoms with E-state index in [-0.39, 0.29) is 17.4 Å². The number of hydroxylamine groups is 2. The molecule has 0 spiro atoms. The molecular weight excluding hydrogens is 304 g/mol. The molecule has 8 heteroatoms. The summed E-state index contributed by atoms with van der Waals surface area (Å²) in [5.74, 6) is -1.26. The van der Waals surface area contributed by atoms with Gasteiger partial charge in [-0.1, -0.05) is 13.8 Å². The Kier molecular flexibility index (Phi) is 8.02. The van der Waals surface area contributed by atoms with E-state index in [1.807, 2.05) is 13.8 Å². The van der Waals surface area contributed by atoms with Gasteiger partial charge >= 0.3 is 12.1 Å². The molecule has 0 saturated carbocycles. The number of rotatable bonds is 6. The summed E-state index contributed by atoms with van der Waals surface area (Å²) in [6.45, 7) is 10.1. The van der Waals surface area contributed by atoms with Crippen molar-refractivity contribution < 1.29 is 29.1 Å². The van der Waals surface area contributed by atoms with Crippen LogP contribution in [0.4, 0.5) is 4.79 Å². The van der Waals surface area contributed by atoms with Crippen LogP contribution in [-0.2, 0) is 19.1 Å². The molecule has 0 fully saturated rings. The van der Waals surface area contributed by atoms with Crippen LogP contribution in [0.1, 0.15) is 48.0 Å². The fraction of sp³-hybridized carbons (Fsp3) is 0.800. The van der Waals surface area contributed by atoms with E-state index in [2.05, 4.69) is 10.1 Å². The van der Waals surface area contributed by atoms with Crippen LogP contribution in [0.15, 0.2) is 0 Å². The molecule has 0 aliphatic carbocycles. The SMILES string of the molecule is COC(=O)C(C)NC(=O)C(CC(C)C)N(O)C(=O)OC(C)(C)C. The Morgan fingerprint density at radius 3 is 2.09 bits per heavy atom. The number of esters is 1. The molecule has 23 heavy (non-hydrogen) atoms. The topological polar surface area (TPSA) is 105 Å². The van der Waals surface area contributed by atoms with Crippen LogP contribution >= 0.6 is 0 Å². The van der Waals surface area contributed by atoms with Gasteiger partial charge in [0, 0.05) is 0 Å². The van der Waals surface area contributed by atoms with Crippen molar-refractivity contribution in [2.45, 2.75) is 65.6 Å². The van der Waals surface area contributed by atoms with Crippen molar-refractivity contribution in [1.82, 2.24) is 10.4 Å². The Morgan fingerprint density at radius 2 is 1.70 bits per heavy atom. The Labute approximate surface area is 137 Å². The van der Waals surface area contributed by atoms with E-state index in [9.17, 15) is 19.6 Å². The average molecular weight is 332 g/mol. The normalized spacial score (nSPS) is 14.0. The van der Waals surface area contributed by atoms with Gasteiger partial charge in [-0.15, -0.1) is 0 Å². The van der Waals surface area contributed by atoms with Gasteiger partial charge in [-0.25, -0.2) is 9.59 Å². The summed E-state index contributed by atoms with van der Waals surface area (Å²) in [4.78, 5) is 35.6. The molecule has 0 saturated heterocycles. The summed E-state index contributed by atoms with van der Waals surface area (Å²) in [7, 11) is 1.20. The summed E-state index contributed by atoms with van der Waals surface area (Å²) in [6.07, 6.45) is -0.820. The summed E-state index contributed by atoms with van der Waals surface area (Å²) < 4.78 is 9.58. The molecule has 0 aromatic rings. The predicted octanol–water partition coefficient (Wildman–Crippen LogP) is 1.71. The first-order chi connectivity index (χ1) is 10.4. The molecule has 2 amide bonds. The molecule has 0 heterocycles. The number of carbonyl (C=O) groups excluding carboxylic acids is 3. The lowest BCUT2D eigenvalue weighted by Crippen LogP contribution is -2.53. The summed E-state index contributed by atoms with van der Waals surface area (Å²) in [6, 6.07) is -2.06. The first kappa shape index (κ1) is 21.2. The number of ether oxygens (including phenoxy) is 2. The van der Waals surface area contributed by atoms with Gasteiger partial charge in [-0.3, -0.25) is 10.0 Å². The second-order valence-electron chi connectivity index (χ2n) is 6.72. The van der Waals surface area contributed by atoms with Gasteiger partial charge in [0.25, 0.3) is 0 Å². The molecule has 0 aliphatic rings. The van der Waals surface area contributed by atoms with Crippen LogP contribution in [-0.4, -0.2) is 53.0 Å².